The van der Waals surface area contributed by atoms with Crippen LogP contribution in [0.5, 0.6) is 5.75 Å². The van der Waals surface area contributed by atoms with Gasteiger partial charge in [-0.15, -0.1) is 0 Å². The number of aromatic nitrogens is 1. The van der Waals surface area contributed by atoms with Gasteiger partial charge in [-0.1, -0.05) is 32.6 Å². The molecule has 2 atom stereocenters. The Labute approximate surface area is 206 Å². The third-order valence-corrected chi connectivity index (χ3v) is 7.41. The van der Waals surface area contributed by atoms with Crippen LogP contribution in [-0.2, 0) is 16.0 Å². The Morgan fingerprint density at radius 1 is 1.09 bits per heavy atom. The number of likely N-dealkylation sites (tertiary alicyclic amines) is 1. The van der Waals surface area contributed by atoms with Gasteiger partial charge in [0.1, 0.15) is 5.75 Å². The minimum absolute atomic E-state index is 0.167. The van der Waals surface area contributed by atoms with Crippen LogP contribution < -0.4 is 4.74 Å². The largest absolute Gasteiger partial charge is 0.497 e. The molecule has 0 unspecified atom stereocenters. The molecule has 5 heteroatoms. The second-order valence-electron chi connectivity index (χ2n) is 9.90. The summed E-state index contributed by atoms with van der Waals surface area (Å²) >= 11 is 0. The van der Waals surface area contributed by atoms with E-state index in [9.17, 15) is 4.79 Å². The Hall–Kier alpha value is -2.14. The van der Waals surface area contributed by atoms with Crippen molar-refractivity contribution >= 4 is 16.9 Å². The average molecular weight is 469 g/mol. The number of nitrogens with zero attached hydrogens (tertiary/aromatic N) is 2. The summed E-state index contributed by atoms with van der Waals surface area (Å²) < 4.78 is 10.8. The van der Waals surface area contributed by atoms with Gasteiger partial charge in [-0.3, -0.25) is 9.78 Å². The molecule has 0 aliphatic carbocycles. The van der Waals surface area contributed by atoms with Gasteiger partial charge in [0.25, 0.3) is 0 Å². The summed E-state index contributed by atoms with van der Waals surface area (Å²) in [7, 11) is 1.71. The minimum Gasteiger partial charge on any atom is -0.497 e. The van der Waals surface area contributed by atoms with Crippen LogP contribution in [0.1, 0.15) is 77.2 Å². The van der Waals surface area contributed by atoms with E-state index >= 15 is 0 Å². The van der Waals surface area contributed by atoms with Gasteiger partial charge in [0.15, 0.2) is 0 Å². The number of pyridine rings is 1. The third kappa shape index (κ3) is 8.26. The van der Waals surface area contributed by atoms with E-state index in [1.54, 1.807) is 7.11 Å². The van der Waals surface area contributed by atoms with Crippen LogP contribution in [0.4, 0.5) is 0 Å². The molecule has 1 aliphatic rings. The maximum absolute atomic E-state index is 11.3. The molecule has 1 aliphatic heterocycles. The van der Waals surface area contributed by atoms with Crippen LogP contribution in [0.25, 0.3) is 10.9 Å². The van der Waals surface area contributed by atoms with Crippen molar-refractivity contribution < 1.29 is 14.3 Å². The molecule has 0 bridgehead atoms. The molecular formula is C29H44N2O3. The first-order chi connectivity index (χ1) is 16.6. The fourth-order valence-electron chi connectivity index (χ4n) is 5.44. The van der Waals surface area contributed by atoms with E-state index < -0.39 is 0 Å². The number of unbranched alkanes of at least 4 members (excludes halogenated alkanes) is 4. The first kappa shape index (κ1) is 26.5. The first-order valence-electron chi connectivity index (χ1n) is 13.4. The van der Waals surface area contributed by atoms with E-state index in [0.29, 0.717) is 18.4 Å². The molecule has 1 fully saturated rings. The van der Waals surface area contributed by atoms with E-state index in [0.717, 1.165) is 30.7 Å². The number of carbonyl (C=O) groups excluding carboxylic acids is 1. The van der Waals surface area contributed by atoms with E-state index in [2.05, 4.69) is 28.9 Å². The molecule has 0 spiro atoms. The number of piperidine rings is 1. The minimum atomic E-state index is -0.167. The second-order valence-corrected chi connectivity index (χ2v) is 9.90. The Morgan fingerprint density at radius 2 is 1.94 bits per heavy atom. The number of hydrogen-bond donors (Lipinski definition) is 0. The lowest BCUT2D eigenvalue weighted by Crippen LogP contribution is -2.41. The fraction of sp³-hybridized carbons (Fsp3) is 0.655. The van der Waals surface area contributed by atoms with E-state index in [-0.39, 0.29) is 5.97 Å². The van der Waals surface area contributed by atoms with Crippen LogP contribution in [0, 0.1) is 11.8 Å². The summed E-state index contributed by atoms with van der Waals surface area (Å²) in [6, 6.07) is 8.28. The molecule has 188 valence electrons. The molecule has 0 N–H and O–H groups in total. The Morgan fingerprint density at radius 3 is 2.74 bits per heavy atom. The highest BCUT2D eigenvalue weighted by molar-refractivity contribution is 5.83. The highest BCUT2D eigenvalue weighted by Gasteiger charge is 2.28. The van der Waals surface area contributed by atoms with Gasteiger partial charge in [0, 0.05) is 25.1 Å². The van der Waals surface area contributed by atoms with Crippen molar-refractivity contribution in [3.63, 3.8) is 0 Å². The number of esters is 1. The van der Waals surface area contributed by atoms with Gasteiger partial charge in [-0.2, -0.15) is 0 Å². The summed E-state index contributed by atoms with van der Waals surface area (Å²) in [5, 5.41) is 1.20. The lowest BCUT2D eigenvalue weighted by Gasteiger charge is -2.39. The quantitative estimate of drug-likeness (QED) is 0.236. The monoisotopic (exact) mass is 468 g/mol. The highest BCUT2D eigenvalue weighted by atomic mass is 16.5. The molecule has 2 heterocycles. The van der Waals surface area contributed by atoms with Crippen molar-refractivity contribution in [3.8, 4) is 5.75 Å². The molecular weight excluding hydrogens is 424 g/mol. The molecule has 1 aromatic carbocycles. The van der Waals surface area contributed by atoms with Crippen molar-refractivity contribution in [3.05, 3.63) is 36.0 Å². The van der Waals surface area contributed by atoms with Crippen LogP contribution in [0.3, 0.4) is 0 Å². The van der Waals surface area contributed by atoms with Crippen molar-refractivity contribution in [1.82, 2.24) is 9.88 Å². The van der Waals surface area contributed by atoms with Crippen LogP contribution in [0.15, 0.2) is 30.5 Å². The highest BCUT2D eigenvalue weighted by Crippen LogP contribution is 2.32. The molecule has 0 radical (unpaired) electrons. The van der Waals surface area contributed by atoms with E-state index in [4.69, 9.17) is 9.47 Å². The number of fused-ring (bicyclic) bond motifs is 1. The maximum Gasteiger partial charge on any atom is 0.302 e. The fourth-order valence-corrected chi connectivity index (χ4v) is 5.44. The van der Waals surface area contributed by atoms with E-state index in [1.807, 2.05) is 18.3 Å². The van der Waals surface area contributed by atoms with Gasteiger partial charge in [0.05, 0.1) is 19.2 Å². The molecule has 0 amide bonds. The van der Waals surface area contributed by atoms with Gasteiger partial charge in [-0.25, -0.2) is 0 Å². The first-order valence-corrected chi connectivity index (χ1v) is 13.4. The molecule has 3 rings (SSSR count). The van der Waals surface area contributed by atoms with Gasteiger partial charge < -0.3 is 14.4 Å². The predicted molar refractivity (Wildman–Crippen MR) is 139 cm³/mol. The molecule has 34 heavy (non-hydrogen) atoms. The zero-order valence-electron chi connectivity index (χ0n) is 21.6. The normalized spacial score (nSPS) is 18.8. The number of methoxy groups -OCH3 is 1. The number of ether oxygens (including phenoxy) is 2. The predicted octanol–water partition coefficient (Wildman–Crippen LogP) is 6.43. The number of carbonyl (C=O) groups is 1. The number of hydrogen-bond acceptors (Lipinski definition) is 5. The standard InChI is InChI=1S/C29H44N2O3/c1-4-5-6-7-8-18-31-19-15-24(26(22-31)16-20-34-23(2)32)10-9-11-25-14-17-30-29-13-12-27(33-3)21-28(25)29/h12-14,17,21,24,26H,4-11,15-16,18-20,22H2,1-3H3/t24-,26+/m1/s1. The van der Waals surface area contributed by atoms with Crippen LogP contribution >= 0.6 is 0 Å². The molecule has 5 nitrogen and oxygen atoms in total. The van der Waals surface area contributed by atoms with Crippen molar-refractivity contribution in [2.24, 2.45) is 11.8 Å². The van der Waals surface area contributed by atoms with Crippen LogP contribution in [0.2, 0.25) is 0 Å². The molecule has 0 saturated carbocycles. The lowest BCUT2D eigenvalue weighted by atomic mass is 9.80. The van der Waals surface area contributed by atoms with Gasteiger partial charge in [-0.05, 0) is 93.3 Å². The van der Waals surface area contributed by atoms with Gasteiger partial charge >= 0.3 is 5.97 Å². The SMILES string of the molecule is CCCCCCCN1CC[C@@H](CCCc2ccnc3ccc(OC)cc23)[C@@H](CCOC(C)=O)C1. The average Bonchev–Trinajstić information content (AvgIpc) is 2.84. The van der Waals surface area contributed by atoms with Crippen molar-refractivity contribution in [2.75, 3.05) is 33.4 Å². The van der Waals surface area contributed by atoms with Crippen molar-refractivity contribution in [1.29, 1.82) is 0 Å². The zero-order valence-corrected chi connectivity index (χ0v) is 21.6. The Balaban J connectivity index is 1.54. The number of benzene rings is 1. The summed E-state index contributed by atoms with van der Waals surface area (Å²) in [5.74, 6) is 2.03. The Kier molecular flexibility index (Phi) is 11.1. The summed E-state index contributed by atoms with van der Waals surface area (Å²) in [4.78, 5) is 18.5. The third-order valence-electron chi connectivity index (χ3n) is 7.41. The van der Waals surface area contributed by atoms with E-state index in [1.165, 1.54) is 82.3 Å². The molecule has 2 aromatic rings. The number of rotatable bonds is 14. The smallest absolute Gasteiger partial charge is 0.302 e. The second kappa shape index (κ2) is 14.3. The topological polar surface area (TPSA) is 51.7 Å². The zero-order chi connectivity index (χ0) is 24.2. The molecule has 1 saturated heterocycles. The summed E-state index contributed by atoms with van der Waals surface area (Å²) in [5.41, 5.74) is 2.38. The van der Waals surface area contributed by atoms with Gasteiger partial charge in [0.2, 0.25) is 0 Å². The maximum atomic E-state index is 11.3. The lowest BCUT2D eigenvalue weighted by molar-refractivity contribution is -0.141. The molecule has 1 aromatic heterocycles. The van der Waals surface area contributed by atoms with Crippen molar-refractivity contribution in [2.45, 2.75) is 78.1 Å². The number of aryl methyl sites for hydroxylation is 1. The summed E-state index contributed by atoms with van der Waals surface area (Å²) in [6.45, 7) is 7.90. The summed E-state index contributed by atoms with van der Waals surface area (Å²) in [6.07, 6.45) is 14.3. The Bertz CT molecular complexity index is 885. The van der Waals surface area contributed by atoms with Crippen LogP contribution in [-0.4, -0.2) is 49.2 Å².